The highest BCUT2D eigenvalue weighted by molar-refractivity contribution is 9.10. The van der Waals surface area contributed by atoms with Crippen molar-refractivity contribution in [2.75, 3.05) is 0 Å². The number of benzene rings is 1. The van der Waals surface area contributed by atoms with Gasteiger partial charge in [0.2, 0.25) is 0 Å². The molecular formula is C9H5BrFNS. The van der Waals surface area contributed by atoms with E-state index in [1.165, 1.54) is 23.7 Å². The van der Waals surface area contributed by atoms with Gasteiger partial charge in [0.05, 0.1) is 4.88 Å². The summed E-state index contributed by atoms with van der Waals surface area (Å²) in [6.07, 6.45) is 0. The van der Waals surface area contributed by atoms with Gasteiger partial charge in [0.25, 0.3) is 0 Å². The van der Waals surface area contributed by atoms with E-state index in [1.807, 2.05) is 6.07 Å². The zero-order chi connectivity index (χ0) is 9.26. The first kappa shape index (κ1) is 8.84. The predicted molar refractivity (Wildman–Crippen MR) is 55.2 cm³/mol. The average molecular weight is 258 g/mol. The number of nitrogens with zero attached hydrogens (tertiary/aromatic N) is 1. The van der Waals surface area contributed by atoms with Crippen LogP contribution in [0.15, 0.2) is 34.9 Å². The van der Waals surface area contributed by atoms with Crippen LogP contribution in [0.3, 0.4) is 0 Å². The van der Waals surface area contributed by atoms with Crippen molar-refractivity contribution in [2.24, 2.45) is 0 Å². The quantitative estimate of drug-likeness (QED) is 0.759. The number of halogens is 2. The maximum Gasteiger partial charge on any atom is 0.123 e. The van der Waals surface area contributed by atoms with Gasteiger partial charge in [-0.1, -0.05) is 12.1 Å². The minimum absolute atomic E-state index is 0.215. The van der Waals surface area contributed by atoms with Crippen molar-refractivity contribution in [3.8, 4) is 10.4 Å². The standard InChI is InChI=1S/C9H5BrFNS/c10-9-5-8(13-12-9)6-1-3-7(11)4-2-6/h1-5H. The second-order valence-electron chi connectivity index (χ2n) is 2.52. The van der Waals surface area contributed by atoms with Crippen molar-refractivity contribution in [1.29, 1.82) is 0 Å². The summed E-state index contributed by atoms with van der Waals surface area (Å²) in [5, 5.41) is 0. The van der Waals surface area contributed by atoms with Crippen LogP contribution in [0.4, 0.5) is 4.39 Å². The third kappa shape index (κ3) is 1.95. The van der Waals surface area contributed by atoms with Crippen LogP contribution in [0, 0.1) is 5.82 Å². The third-order valence-corrected chi connectivity index (χ3v) is 3.09. The van der Waals surface area contributed by atoms with E-state index in [-0.39, 0.29) is 5.82 Å². The highest BCUT2D eigenvalue weighted by Crippen LogP contribution is 2.26. The Morgan fingerprint density at radius 2 is 1.92 bits per heavy atom. The monoisotopic (exact) mass is 257 g/mol. The van der Waals surface area contributed by atoms with Crippen molar-refractivity contribution >= 4 is 27.5 Å². The summed E-state index contributed by atoms with van der Waals surface area (Å²) in [6, 6.07) is 8.30. The van der Waals surface area contributed by atoms with Crippen LogP contribution in [0.1, 0.15) is 0 Å². The van der Waals surface area contributed by atoms with E-state index in [9.17, 15) is 4.39 Å². The van der Waals surface area contributed by atoms with Crippen LogP contribution < -0.4 is 0 Å². The smallest absolute Gasteiger partial charge is 0.123 e. The van der Waals surface area contributed by atoms with Crippen LogP contribution in [0.25, 0.3) is 10.4 Å². The number of hydrogen-bond acceptors (Lipinski definition) is 2. The molecule has 0 bridgehead atoms. The van der Waals surface area contributed by atoms with Crippen LogP contribution in [-0.2, 0) is 0 Å². The largest absolute Gasteiger partial charge is 0.207 e. The number of hydrogen-bond donors (Lipinski definition) is 0. The molecule has 2 rings (SSSR count). The van der Waals surface area contributed by atoms with E-state index in [1.54, 1.807) is 12.1 Å². The highest BCUT2D eigenvalue weighted by atomic mass is 79.9. The predicted octanol–water partition coefficient (Wildman–Crippen LogP) is 3.71. The third-order valence-electron chi connectivity index (χ3n) is 1.61. The van der Waals surface area contributed by atoms with Gasteiger partial charge in [-0.2, -0.15) is 4.37 Å². The van der Waals surface area contributed by atoms with E-state index in [0.717, 1.165) is 15.0 Å². The summed E-state index contributed by atoms with van der Waals surface area (Å²) in [5.41, 5.74) is 0.990. The Balaban J connectivity index is 2.41. The van der Waals surface area contributed by atoms with Gasteiger partial charge < -0.3 is 0 Å². The molecule has 1 nitrogen and oxygen atoms in total. The molecule has 0 aliphatic heterocycles. The topological polar surface area (TPSA) is 12.9 Å². The molecule has 0 fully saturated rings. The first-order valence-electron chi connectivity index (χ1n) is 3.64. The molecule has 0 aliphatic rings. The molecule has 0 unspecified atom stereocenters. The second kappa shape index (κ2) is 3.55. The fourth-order valence-corrected chi connectivity index (χ4v) is 2.25. The lowest BCUT2D eigenvalue weighted by Gasteiger charge is -1.94. The van der Waals surface area contributed by atoms with Crippen LogP contribution in [-0.4, -0.2) is 4.37 Å². The fourth-order valence-electron chi connectivity index (χ4n) is 1.00. The molecule has 0 spiro atoms. The lowest BCUT2D eigenvalue weighted by Crippen LogP contribution is -1.73. The van der Waals surface area contributed by atoms with Crippen molar-refractivity contribution in [1.82, 2.24) is 4.37 Å². The molecule has 4 heteroatoms. The minimum atomic E-state index is -0.215. The van der Waals surface area contributed by atoms with Gasteiger partial charge in [-0.05, 0) is 51.2 Å². The Bertz CT molecular complexity index is 410. The first-order chi connectivity index (χ1) is 6.25. The average Bonchev–Trinajstić information content (AvgIpc) is 2.53. The fraction of sp³-hybridized carbons (Fsp3) is 0. The molecule has 1 aromatic heterocycles. The summed E-state index contributed by atoms with van der Waals surface area (Å²) in [7, 11) is 0. The Morgan fingerprint density at radius 3 is 2.46 bits per heavy atom. The zero-order valence-electron chi connectivity index (χ0n) is 6.50. The van der Waals surface area contributed by atoms with Crippen LogP contribution in [0.5, 0.6) is 0 Å². The lowest BCUT2D eigenvalue weighted by molar-refractivity contribution is 0.628. The zero-order valence-corrected chi connectivity index (χ0v) is 8.90. The molecule has 0 atom stereocenters. The van der Waals surface area contributed by atoms with Crippen LogP contribution in [0.2, 0.25) is 0 Å². The lowest BCUT2D eigenvalue weighted by atomic mass is 10.2. The molecule has 0 saturated heterocycles. The van der Waals surface area contributed by atoms with Crippen molar-refractivity contribution < 1.29 is 4.39 Å². The van der Waals surface area contributed by atoms with Crippen molar-refractivity contribution in [2.45, 2.75) is 0 Å². The Hall–Kier alpha value is -0.740. The molecule has 0 aliphatic carbocycles. The molecule has 1 aromatic carbocycles. The van der Waals surface area contributed by atoms with E-state index < -0.39 is 0 Å². The summed E-state index contributed by atoms with van der Waals surface area (Å²) < 4.78 is 17.5. The van der Waals surface area contributed by atoms with Crippen molar-refractivity contribution in [3.63, 3.8) is 0 Å². The minimum Gasteiger partial charge on any atom is -0.207 e. The second-order valence-corrected chi connectivity index (χ2v) is 4.14. The van der Waals surface area contributed by atoms with Crippen LogP contribution >= 0.6 is 27.5 Å². The van der Waals surface area contributed by atoms with Gasteiger partial charge in [-0.15, -0.1) is 0 Å². The Kier molecular flexibility index (Phi) is 2.42. The molecule has 13 heavy (non-hydrogen) atoms. The summed E-state index contributed by atoms with van der Waals surface area (Å²) in [5.74, 6) is -0.215. The maximum atomic E-state index is 12.6. The van der Waals surface area contributed by atoms with E-state index in [0.29, 0.717) is 0 Å². The molecule has 0 N–H and O–H groups in total. The van der Waals surface area contributed by atoms with Gasteiger partial charge in [-0.3, -0.25) is 0 Å². The van der Waals surface area contributed by atoms with Gasteiger partial charge in [0, 0.05) is 0 Å². The maximum absolute atomic E-state index is 12.6. The normalized spacial score (nSPS) is 10.3. The molecule has 2 aromatic rings. The molecule has 1 heterocycles. The van der Waals surface area contributed by atoms with E-state index in [4.69, 9.17) is 0 Å². The molecule has 0 amide bonds. The summed E-state index contributed by atoms with van der Waals surface area (Å²) in [4.78, 5) is 1.03. The van der Waals surface area contributed by atoms with Crippen molar-refractivity contribution in [3.05, 3.63) is 40.8 Å². The Morgan fingerprint density at radius 1 is 1.23 bits per heavy atom. The number of rotatable bonds is 1. The molecule has 0 radical (unpaired) electrons. The SMILES string of the molecule is Fc1ccc(-c2cc(Br)ns2)cc1. The first-order valence-corrected chi connectivity index (χ1v) is 5.20. The highest BCUT2D eigenvalue weighted by Gasteiger charge is 2.01. The van der Waals surface area contributed by atoms with Gasteiger partial charge >= 0.3 is 0 Å². The summed E-state index contributed by atoms with van der Waals surface area (Å²) >= 11 is 4.66. The molecular weight excluding hydrogens is 253 g/mol. The summed E-state index contributed by atoms with van der Waals surface area (Å²) in [6.45, 7) is 0. The molecule has 66 valence electrons. The number of aromatic nitrogens is 1. The Labute approximate surface area is 87.5 Å². The van der Waals surface area contributed by atoms with E-state index in [2.05, 4.69) is 20.3 Å². The van der Waals surface area contributed by atoms with Gasteiger partial charge in [-0.25, -0.2) is 4.39 Å². The van der Waals surface area contributed by atoms with Gasteiger partial charge in [0.1, 0.15) is 10.4 Å². The van der Waals surface area contributed by atoms with Gasteiger partial charge in [0.15, 0.2) is 0 Å². The molecule has 0 saturated carbocycles. The van der Waals surface area contributed by atoms with E-state index >= 15 is 0 Å².